The van der Waals surface area contributed by atoms with E-state index in [0.717, 1.165) is 46.4 Å². The first-order valence-electron chi connectivity index (χ1n) is 10.5. The lowest BCUT2D eigenvalue weighted by atomic mass is 10.1. The van der Waals surface area contributed by atoms with Crippen LogP contribution in [0.4, 0.5) is 11.6 Å². The molecule has 8 nitrogen and oxygen atoms in total. The van der Waals surface area contributed by atoms with Gasteiger partial charge in [0.05, 0.1) is 18.8 Å². The molecule has 2 heterocycles. The van der Waals surface area contributed by atoms with E-state index in [2.05, 4.69) is 52.8 Å². The minimum absolute atomic E-state index is 0.407. The molecule has 0 fully saturated rings. The second kappa shape index (κ2) is 8.77. The van der Waals surface area contributed by atoms with Gasteiger partial charge in [-0.15, -0.1) is 5.10 Å². The molecule has 162 valence electrons. The number of nitrogens with one attached hydrogen (secondary N) is 3. The normalized spacial score (nSPS) is 11.4. The Morgan fingerprint density at radius 2 is 2.03 bits per heavy atom. The van der Waals surface area contributed by atoms with Gasteiger partial charge in [-0.1, -0.05) is 32.9 Å². The summed E-state index contributed by atoms with van der Waals surface area (Å²) >= 11 is 0. The number of aromatic nitrogens is 5. The number of H-pyrrole nitrogens is 1. The molecule has 0 saturated carbocycles. The second-order valence-electron chi connectivity index (χ2n) is 7.85. The third-order valence-electron chi connectivity index (χ3n) is 5.34. The number of fused-ring (bicyclic) bond motifs is 1. The lowest BCUT2D eigenvalue weighted by Gasteiger charge is -2.12. The number of ether oxygens (including phenoxy) is 1. The molecule has 31 heavy (non-hydrogen) atoms. The Balaban J connectivity index is 1.62. The third kappa shape index (κ3) is 4.25. The molecule has 0 radical (unpaired) electrons. The molecule has 0 spiro atoms. The van der Waals surface area contributed by atoms with Crippen LogP contribution < -0.4 is 15.4 Å². The minimum atomic E-state index is 0.407. The molecule has 0 aliphatic heterocycles. The molecular weight excluding hydrogens is 390 g/mol. The molecule has 0 saturated heterocycles. The maximum absolute atomic E-state index is 5.61. The standard InChI is InChI=1S/C23H29N7O/c1-6-17-18-13-25-28-20(18)10-9-19(17)26-23-27-22(29-30(23)4)15-7-8-16(12-24-14(2)3)21(11-15)31-5/h7-11,13-14,24H,6,12H2,1-5H3,(H,25,28)(H,26,27,29). The van der Waals surface area contributed by atoms with Gasteiger partial charge in [-0.05, 0) is 30.2 Å². The van der Waals surface area contributed by atoms with Crippen LogP contribution in [0.2, 0.25) is 0 Å². The topological polar surface area (TPSA) is 92.7 Å². The highest BCUT2D eigenvalue weighted by Crippen LogP contribution is 2.30. The summed E-state index contributed by atoms with van der Waals surface area (Å²) in [6.07, 6.45) is 2.75. The van der Waals surface area contributed by atoms with Crippen molar-refractivity contribution in [3.05, 3.63) is 47.7 Å². The van der Waals surface area contributed by atoms with Gasteiger partial charge in [0.2, 0.25) is 5.95 Å². The number of hydrogen-bond acceptors (Lipinski definition) is 6. The third-order valence-corrected chi connectivity index (χ3v) is 5.34. The van der Waals surface area contributed by atoms with Gasteiger partial charge in [0.1, 0.15) is 5.75 Å². The molecule has 8 heteroatoms. The van der Waals surface area contributed by atoms with Crippen LogP contribution in [-0.4, -0.2) is 38.1 Å². The number of rotatable bonds is 8. The molecule has 0 unspecified atom stereocenters. The van der Waals surface area contributed by atoms with Crippen LogP contribution in [0, 0.1) is 0 Å². The summed E-state index contributed by atoms with van der Waals surface area (Å²) in [6, 6.07) is 10.6. The Kier molecular flexibility index (Phi) is 5.90. The van der Waals surface area contributed by atoms with E-state index in [-0.39, 0.29) is 0 Å². The van der Waals surface area contributed by atoms with Gasteiger partial charge in [0, 0.05) is 41.8 Å². The zero-order valence-electron chi connectivity index (χ0n) is 18.7. The summed E-state index contributed by atoms with van der Waals surface area (Å²) in [4.78, 5) is 4.74. The Morgan fingerprint density at radius 1 is 1.19 bits per heavy atom. The van der Waals surface area contributed by atoms with Crippen LogP contribution in [0.25, 0.3) is 22.3 Å². The van der Waals surface area contributed by atoms with Gasteiger partial charge in [-0.2, -0.15) is 10.1 Å². The Labute approximate surface area is 182 Å². The summed E-state index contributed by atoms with van der Waals surface area (Å²) in [5.41, 5.74) is 5.25. The first-order valence-corrected chi connectivity index (χ1v) is 10.5. The minimum Gasteiger partial charge on any atom is -0.496 e. The Morgan fingerprint density at radius 3 is 2.77 bits per heavy atom. The molecule has 0 amide bonds. The number of hydrogen-bond donors (Lipinski definition) is 3. The van der Waals surface area contributed by atoms with Gasteiger partial charge in [-0.25, -0.2) is 4.68 Å². The van der Waals surface area contributed by atoms with E-state index in [1.807, 2.05) is 37.5 Å². The fraction of sp³-hybridized carbons (Fsp3) is 0.348. The average molecular weight is 420 g/mol. The number of anilines is 2. The van der Waals surface area contributed by atoms with Gasteiger partial charge in [0.25, 0.3) is 0 Å². The van der Waals surface area contributed by atoms with E-state index in [4.69, 9.17) is 9.72 Å². The molecule has 0 aliphatic carbocycles. The molecule has 2 aromatic heterocycles. The summed E-state index contributed by atoms with van der Waals surface area (Å²) < 4.78 is 7.37. The van der Waals surface area contributed by atoms with Crippen LogP contribution in [0.5, 0.6) is 5.75 Å². The van der Waals surface area contributed by atoms with Crippen LogP contribution in [-0.2, 0) is 20.0 Å². The van der Waals surface area contributed by atoms with Crippen molar-refractivity contribution in [2.75, 3.05) is 12.4 Å². The summed E-state index contributed by atoms with van der Waals surface area (Å²) in [6.45, 7) is 7.14. The quantitative estimate of drug-likeness (QED) is 0.397. The van der Waals surface area contributed by atoms with Crippen molar-refractivity contribution in [2.45, 2.75) is 39.8 Å². The van der Waals surface area contributed by atoms with Crippen LogP contribution in [0.15, 0.2) is 36.5 Å². The molecule has 0 aliphatic rings. The molecular formula is C23H29N7O. The number of nitrogens with zero attached hydrogens (tertiary/aromatic N) is 4. The Bertz CT molecular complexity index is 1190. The maximum Gasteiger partial charge on any atom is 0.225 e. The van der Waals surface area contributed by atoms with Crippen LogP contribution in [0.1, 0.15) is 31.9 Å². The van der Waals surface area contributed by atoms with Gasteiger partial charge >= 0.3 is 0 Å². The second-order valence-corrected chi connectivity index (χ2v) is 7.85. The average Bonchev–Trinajstić information content (AvgIpc) is 3.38. The van der Waals surface area contributed by atoms with Crippen molar-refractivity contribution in [1.82, 2.24) is 30.3 Å². The monoisotopic (exact) mass is 419 g/mol. The summed E-state index contributed by atoms with van der Waals surface area (Å²) in [7, 11) is 3.58. The highest BCUT2D eigenvalue weighted by Gasteiger charge is 2.15. The molecule has 4 aromatic rings. The zero-order valence-corrected chi connectivity index (χ0v) is 18.7. The fourth-order valence-corrected chi connectivity index (χ4v) is 3.65. The number of aromatic amines is 1. The molecule has 3 N–H and O–H groups in total. The van der Waals surface area contributed by atoms with E-state index in [9.17, 15) is 0 Å². The SMILES string of the molecule is CCc1c(Nc2nc(-c3ccc(CNC(C)C)c(OC)c3)nn2C)ccc2[nH]ncc12. The largest absolute Gasteiger partial charge is 0.496 e. The highest BCUT2D eigenvalue weighted by atomic mass is 16.5. The fourth-order valence-electron chi connectivity index (χ4n) is 3.65. The van der Waals surface area contributed by atoms with Crippen LogP contribution in [0.3, 0.4) is 0 Å². The lowest BCUT2D eigenvalue weighted by Crippen LogP contribution is -2.22. The number of aryl methyl sites for hydroxylation is 2. The lowest BCUT2D eigenvalue weighted by molar-refractivity contribution is 0.406. The van der Waals surface area contributed by atoms with Gasteiger partial charge < -0.3 is 15.4 Å². The summed E-state index contributed by atoms with van der Waals surface area (Å²) in [5, 5.41) is 19.8. The predicted molar refractivity (Wildman–Crippen MR) is 124 cm³/mol. The Hall–Kier alpha value is -3.39. The van der Waals surface area contributed by atoms with E-state index < -0.39 is 0 Å². The summed E-state index contributed by atoms with van der Waals surface area (Å²) in [5.74, 6) is 2.15. The van der Waals surface area contributed by atoms with E-state index in [1.54, 1.807) is 11.8 Å². The first kappa shape index (κ1) is 20.9. The van der Waals surface area contributed by atoms with E-state index >= 15 is 0 Å². The van der Waals surface area contributed by atoms with Gasteiger partial charge in [-0.3, -0.25) is 5.10 Å². The van der Waals surface area contributed by atoms with Crippen LogP contribution >= 0.6 is 0 Å². The maximum atomic E-state index is 5.61. The van der Waals surface area contributed by atoms with Crippen molar-refractivity contribution in [2.24, 2.45) is 7.05 Å². The zero-order chi connectivity index (χ0) is 22.0. The molecule has 4 rings (SSSR count). The smallest absolute Gasteiger partial charge is 0.225 e. The predicted octanol–water partition coefficient (Wildman–Crippen LogP) is 4.17. The van der Waals surface area contributed by atoms with Crippen molar-refractivity contribution >= 4 is 22.5 Å². The highest BCUT2D eigenvalue weighted by molar-refractivity contribution is 5.87. The van der Waals surface area contributed by atoms with E-state index in [0.29, 0.717) is 17.8 Å². The number of methoxy groups -OCH3 is 1. The molecule has 0 bridgehead atoms. The number of benzene rings is 2. The molecule has 2 aromatic carbocycles. The van der Waals surface area contributed by atoms with Gasteiger partial charge in [0.15, 0.2) is 5.82 Å². The van der Waals surface area contributed by atoms with Crippen molar-refractivity contribution in [1.29, 1.82) is 0 Å². The van der Waals surface area contributed by atoms with E-state index in [1.165, 1.54) is 5.56 Å². The van der Waals surface area contributed by atoms with Crippen molar-refractivity contribution in [3.8, 4) is 17.1 Å². The van der Waals surface area contributed by atoms with Crippen molar-refractivity contribution < 1.29 is 4.74 Å². The van der Waals surface area contributed by atoms with Crippen molar-refractivity contribution in [3.63, 3.8) is 0 Å². The first-order chi connectivity index (χ1) is 15.0. The molecule has 0 atom stereocenters.